The zero-order valence-electron chi connectivity index (χ0n) is 17.9. The monoisotopic (exact) mass is 433 g/mol. The molecule has 5 rings (SSSR count). The maximum absolute atomic E-state index is 13.2. The Morgan fingerprint density at radius 2 is 1.91 bits per heavy atom. The summed E-state index contributed by atoms with van der Waals surface area (Å²) in [5.74, 6) is -0.909. The van der Waals surface area contributed by atoms with E-state index in [1.165, 1.54) is 24.7 Å². The van der Waals surface area contributed by atoms with E-state index in [2.05, 4.69) is 49.7 Å². The standard InChI is InChI=1S/C23H27N7O2/c24-21-17-13-26-28-20(17)18(14-25-21)27-22(31)23(32)30-11-2-1-8-19(30)15-6-5-7-16(12-15)29-9-3-4-10-29/h5-7,12-14,19H,1-4,8-11H2,(H2,24,25)(H,26,28)(H,27,31)/t19-/m1/s1. The van der Waals surface area contributed by atoms with E-state index in [-0.39, 0.29) is 6.04 Å². The number of pyridine rings is 1. The van der Waals surface area contributed by atoms with Crippen LogP contribution in [0.1, 0.15) is 43.7 Å². The molecule has 0 bridgehead atoms. The Morgan fingerprint density at radius 3 is 2.75 bits per heavy atom. The molecule has 166 valence electrons. The van der Waals surface area contributed by atoms with Gasteiger partial charge in [0.15, 0.2) is 0 Å². The van der Waals surface area contributed by atoms with Crippen LogP contribution in [-0.4, -0.2) is 51.5 Å². The summed E-state index contributed by atoms with van der Waals surface area (Å²) in [6, 6.07) is 8.31. The number of nitrogens with zero attached hydrogens (tertiary/aromatic N) is 4. The van der Waals surface area contributed by atoms with Crippen LogP contribution in [0.15, 0.2) is 36.7 Å². The highest BCUT2D eigenvalue weighted by molar-refractivity contribution is 6.40. The van der Waals surface area contributed by atoms with Crippen molar-refractivity contribution in [2.24, 2.45) is 0 Å². The number of fused-ring (bicyclic) bond motifs is 1. The molecule has 0 saturated carbocycles. The second kappa shape index (κ2) is 8.49. The van der Waals surface area contributed by atoms with Gasteiger partial charge in [0.25, 0.3) is 0 Å². The van der Waals surface area contributed by atoms with E-state index in [0.717, 1.165) is 37.9 Å². The number of hydrogen-bond acceptors (Lipinski definition) is 6. The maximum Gasteiger partial charge on any atom is 0.314 e. The number of piperidine rings is 1. The van der Waals surface area contributed by atoms with Crippen molar-refractivity contribution in [1.82, 2.24) is 20.1 Å². The first-order chi connectivity index (χ1) is 15.6. The molecule has 0 radical (unpaired) electrons. The highest BCUT2D eigenvalue weighted by atomic mass is 16.2. The van der Waals surface area contributed by atoms with Crippen LogP contribution in [0.5, 0.6) is 0 Å². The molecule has 2 fully saturated rings. The minimum atomic E-state index is -0.685. The van der Waals surface area contributed by atoms with Crippen LogP contribution in [0.2, 0.25) is 0 Å². The third kappa shape index (κ3) is 3.74. The molecule has 1 atom stereocenters. The third-order valence-corrected chi connectivity index (χ3v) is 6.45. The largest absolute Gasteiger partial charge is 0.383 e. The average Bonchev–Trinajstić information content (AvgIpc) is 3.53. The van der Waals surface area contributed by atoms with E-state index in [1.54, 1.807) is 11.1 Å². The van der Waals surface area contributed by atoms with E-state index in [4.69, 9.17) is 5.73 Å². The molecule has 4 heterocycles. The van der Waals surface area contributed by atoms with Gasteiger partial charge >= 0.3 is 11.8 Å². The Morgan fingerprint density at radius 1 is 1.09 bits per heavy atom. The van der Waals surface area contributed by atoms with Gasteiger partial charge in [0.05, 0.1) is 35.0 Å². The van der Waals surface area contributed by atoms with Crippen molar-refractivity contribution in [1.29, 1.82) is 0 Å². The minimum Gasteiger partial charge on any atom is -0.383 e. The molecule has 2 aromatic heterocycles. The summed E-state index contributed by atoms with van der Waals surface area (Å²) >= 11 is 0. The van der Waals surface area contributed by atoms with Crippen LogP contribution in [0.4, 0.5) is 17.2 Å². The van der Waals surface area contributed by atoms with Crippen molar-refractivity contribution in [2.45, 2.75) is 38.1 Å². The van der Waals surface area contributed by atoms with Gasteiger partial charge in [-0.05, 0) is 49.8 Å². The van der Waals surface area contributed by atoms with E-state index in [9.17, 15) is 9.59 Å². The lowest BCUT2D eigenvalue weighted by atomic mass is 9.94. The lowest BCUT2D eigenvalue weighted by Crippen LogP contribution is -2.44. The number of rotatable bonds is 3. The highest BCUT2D eigenvalue weighted by Crippen LogP contribution is 2.34. The van der Waals surface area contributed by atoms with Crippen molar-refractivity contribution in [2.75, 3.05) is 35.6 Å². The fraction of sp³-hybridized carbons (Fsp3) is 0.391. The van der Waals surface area contributed by atoms with E-state index < -0.39 is 11.8 Å². The number of carbonyl (C=O) groups excluding carboxylic acids is 2. The molecule has 3 aromatic rings. The van der Waals surface area contributed by atoms with Gasteiger partial charge in [-0.25, -0.2) is 4.98 Å². The van der Waals surface area contributed by atoms with E-state index in [0.29, 0.717) is 29.0 Å². The van der Waals surface area contributed by atoms with Crippen LogP contribution in [0.3, 0.4) is 0 Å². The molecular formula is C23H27N7O2. The first-order valence-corrected chi connectivity index (χ1v) is 11.2. The summed E-state index contributed by atoms with van der Waals surface area (Å²) in [5.41, 5.74) is 9.06. The number of likely N-dealkylation sites (tertiary alicyclic amines) is 1. The molecule has 2 saturated heterocycles. The molecule has 0 unspecified atom stereocenters. The van der Waals surface area contributed by atoms with Crippen molar-refractivity contribution in [3.8, 4) is 0 Å². The van der Waals surface area contributed by atoms with Crippen molar-refractivity contribution < 1.29 is 9.59 Å². The van der Waals surface area contributed by atoms with Gasteiger partial charge in [-0.2, -0.15) is 5.10 Å². The molecule has 0 spiro atoms. The maximum atomic E-state index is 13.2. The molecule has 9 heteroatoms. The number of aromatic amines is 1. The predicted octanol–water partition coefficient (Wildman–Crippen LogP) is 2.83. The Labute approximate surface area is 186 Å². The number of H-pyrrole nitrogens is 1. The first-order valence-electron chi connectivity index (χ1n) is 11.2. The zero-order valence-corrected chi connectivity index (χ0v) is 17.9. The van der Waals surface area contributed by atoms with Crippen LogP contribution >= 0.6 is 0 Å². The lowest BCUT2D eigenvalue weighted by molar-refractivity contribution is -0.145. The number of carbonyl (C=O) groups is 2. The molecule has 0 aliphatic carbocycles. The molecule has 4 N–H and O–H groups in total. The van der Waals surface area contributed by atoms with Crippen LogP contribution < -0.4 is 16.0 Å². The second-order valence-electron chi connectivity index (χ2n) is 8.47. The number of nitrogen functional groups attached to an aromatic ring is 1. The Bertz CT molecular complexity index is 1150. The highest BCUT2D eigenvalue weighted by Gasteiger charge is 2.32. The molecule has 32 heavy (non-hydrogen) atoms. The number of anilines is 3. The average molecular weight is 434 g/mol. The number of nitrogens with two attached hydrogens (primary N) is 1. The summed E-state index contributed by atoms with van der Waals surface area (Å²) in [4.78, 5) is 34.3. The SMILES string of the molecule is Nc1ncc(NC(=O)C(=O)N2CCCC[C@@H]2c2cccc(N3CCCC3)c2)c2[nH]ncc12. The molecule has 9 nitrogen and oxygen atoms in total. The quantitative estimate of drug-likeness (QED) is 0.546. The van der Waals surface area contributed by atoms with Crippen molar-refractivity contribution >= 4 is 39.9 Å². The van der Waals surface area contributed by atoms with Crippen molar-refractivity contribution in [3.05, 3.63) is 42.2 Å². The zero-order chi connectivity index (χ0) is 22.1. The molecular weight excluding hydrogens is 406 g/mol. The fourth-order valence-corrected chi connectivity index (χ4v) is 4.78. The van der Waals surface area contributed by atoms with E-state index in [1.807, 2.05) is 0 Å². The fourth-order valence-electron chi connectivity index (χ4n) is 4.78. The number of amides is 2. The Kier molecular flexibility index (Phi) is 5.38. The number of benzene rings is 1. The molecule has 2 aliphatic rings. The van der Waals surface area contributed by atoms with Gasteiger partial charge in [-0.3, -0.25) is 14.7 Å². The lowest BCUT2D eigenvalue weighted by Gasteiger charge is -2.36. The van der Waals surface area contributed by atoms with Crippen LogP contribution in [-0.2, 0) is 9.59 Å². The van der Waals surface area contributed by atoms with E-state index >= 15 is 0 Å². The second-order valence-corrected chi connectivity index (χ2v) is 8.47. The van der Waals surface area contributed by atoms with Gasteiger partial charge in [0.2, 0.25) is 0 Å². The molecule has 2 amide bonds. The van der Waals surface area contributed by atoms with Gasteiger partial charge in [0.1, 0.15) is 5.82 Å². The molecule has 2 aliphatic heterocycles. The van der Waals surface area contributed by atoms with Crippen LogP contribution in [0, 0.1) is 0 Å². The third-order valence-electron chi connectivity index (χ3n) is 6.45. The molecule has 1 aromatic carbocycles. The predicted molar refractivity (Wildman–Crippen MR) is 123 cm³/mol. The summed E-state index contributed by atoms with van der Waals surface area (Å²) in [7, 11) is 0. The van der Waals surface area contributed by atoms with Crippen LogP contribution in [0.25, 0.3) is 10.9 Å². The van der Waals surface area contributed by atoms with Gasteiger partial charge < -0.3 is 20.9 Å². The number of hydrogen-bond donors (Lipinski definition) is 3. The first kappa shape index (κ1) is 20.3. The summed E-state index contributed by atoms with van der Waals surface area (Å²) in [6.45, 7) is 2.69. The summed E-state index contributed by atoms with van der Waals surface area (Å²) < 4.78 is 0. The number of aromatic nitrogens is 3. The normalized spacial score (nSPS) is 18.8. The smallest absolute Gasteiger partial charge is 0.314 e. The summed E-state index contributed by atoms with van der Waals surface area (Å²) in [6.07, 6.45) is 8.16. The summed E-state index contributed by atoms with van der Waals surface area (Å²) in [5, 5.41) is 10.1. The minimum absolute atomic E-state index is 0.110. The Balaban J connectivity index is 1.37. The Hall–Kier alpha value is -3.62. The van der Waals surface area contributed by atoms with Gasteiger partial charge in [-0.1, -0.05) is 12.1 Å². The topological polar surface area (TPSA) is 120 Å². The van der Waals surface area contributed by atoms with Gasteiger partial charge in [-0.15, -0.1) is 0 Å². The number of nitrogens with one attached hydrogen (secondary N) is 2. The van der Waals surface area contributed by atoms with Crippen molar-refractivity contribution in [3.63, 3.8) is 0 Å². The van der Waals surface area contributed by atoms with Gasteiger partial charge in [0, 0.05) is 25.3 Å².